The van der Waals surface area contributed by atoms with Gasteiger partial charge < -0.3 is 23.2 Å². The van der Waals surface area contributed by atoms with Crippen molar-refractivity contribution in [3.05, 3.63) is 78.1 Å². The normalized spacial score (nSPS) is 11.1. The number of hydrogen-bond acceptors (Lipinski definition) is 8. The van der Waals surface area contributed by atoms with Crippen LogP contribution in [0.3, 0.4) is 0 Å². The van der Waals surface area contributed by atoms with Crippen LogP contribution < -0.4 is 14.2 Å². The van der Waals surface area contributed by atoms with Crippen molar-refractivity contribution in [2.75, 3.05) is 21.3 Å². The second-order valence-corrected chi connectivity index (χ2v) is 8.91. The number of aromatic nitrogens is 4. The van der Waals surface area contributed by atoms with Crippen LogP contribution in [0.4, 0.5) is 0 Å². The fraction of sp³-hybridized carbons (Fsp3) is 0.222. The van der Waals surface area contributed by atoms with Crippen molar-refractivity contribution in [3.63, 3.8) is 0 Å². The molecule has 0 spiro atoms. The Hall–Kier alpha value is -3.98. The number of methoxy groups -OCH3 is 3. The quantitative estimate of drug-likeness (QED) is 0.227. The van der Waals surface area contributed by atoms with Crippen LogP contribution in [0, 0.1) is 0 Å². The van der Waals surface area contributed by atoms with Gasteiger partial charge in [-0.3, -0.25) is 0 Å². The zero-order chi connectivity index (χ0) is 24.9. The van der Waals surface area contributed by atoms with Crippen molar-refractivity contribution in [2.24, 2.45) is 0 Å². The molecular formula is C27H26N4O4S. The van der Waals surface area contributed by atoms with Crippen LogP contribution >= 0.6 is 11.8 Å². The smallest absolute Gasteiger partial charge is 0.277 e. The van der Waals surface area contributed by atoms with Gasteiger partial charge in [-0.25, -0.2) is 4.98 Å². The average molecular weight is 503 g/mol. The van der Waals surface area contributed by atoms with Gasteiger partial charge in [0, 0.05) is 12.1 Å². The Morgan fingerprint density at radius 3 is 2.31 bits per heavy atom. The number of fused-ring (bicyclic) bond motifs is 1. The highest BCUT2D eigenvalue weighted by molar-refractivity contribution is 7.98. The molecule has 2 aromatic heterocycles. The zero-order valence-corrected chi connectivity index (χ0v) is 21.1. The van der Waals surface area contributed by atoms with Gasteiger partial charge >= 0.3 is 0 Å². The van der Waals surface area contributed by atoms with Crippen molar-refractivity contribution in [2.45, 2.75) is 23.9 Å². The third kappa shape index (κ3) is 4.87. The van der Waals surface area contributed by atoms with Crippen molar-refractivity contribution in [1.29, 1.82) is 0 Å². The molecule has 9 heteroatoms. The number of imidazole rings is 1. The molecule has 0 unspecified atom stereocenters. The molecule has 0 fully saturated rings. The maximum absolute atomic E-state index is 5.96. The van der Waals surface area contributed by atoms with Gasteiger partial charge in [0.05, 0.1) is 38.1 Å². The number of benzene rings is 3. The number of rotatable bonds is 10. The predicted octanol–water partition coefficient (Wildman–Crippen LogP) is 5.65. The molecule has 2 heterocycles. The van der Waals surface area contributed by atoms with E-state index in [1.165, 1.54) is 17.3 Å². The van der Waals surface area contributed by atoms with E-state index in [-0.39, 0.29) is 0 Å². The highest BCUT2D eigenvalue weighted by atomic mass is 32.2. The van der Waals surface area contributed by atoms with E-state index in [9.17, 15) is 0 Å². The van der Waals surface area contributed by atoms with Gasteiger partial charge in [-0.05, 0) is 36.2 Å². The second kappa shape index (κ2) is 10.7. The molecule has 0 atom stereocenters. The van der Waals surface area contributed by atoms with E-state index in [0.717, 1.165) is 29.8 Å². The van der Waals surface area contributed by atoms with Gasteiger partial charge in [0.1, 0.15) is 5.82 Å². The molecule has 36 heavy (non-hydrogen) atoms. The number of hydrogen-bond donors (Lipinski definition) is 0. The van der Waals surface area contributed by atoms with E-state index in [0.29, 0.717) is 39.7 Å². The van der Waals surface area contributed by atoms with Crippen molar-refractivity contribution in [3.8, 4) is 28.7 Å². The summed E-state index contributed by atoms with van der Waals surface area (Å²) in [6.07, 6.45) is 0.921. The lowest BCUT2D eigenvalue weighted by molar-refractivity contribution is 0.324. The van der Waals surface area contributed by atoms with Crippen LogP contribution in [0.25, 0.3) is 22.5 Å². The molecule has 0 bridgehead atoms. The first-order valence-corrected chi connectivity index (χ1v) is 12.4. The van der Waals surface area contributed by atoms with E-state index >= 15 is 0 Å². The molecule has 0 amide bonds. The lowest BCUT2D eigenvalue weighted by Crippen LogP contribution is -2.05. The first-order chi connectivity index (χ1) is 17.7. The molecule has 5 aromatic rings. The zero-order valence-electron chi connectivity index (χ0n) is 20.3. The van der Waals surface area contributed by atoms with Crippen LogP contribution in [0.1, 0.15) is 11.4 Å². The third-order valence-corrected chi connectivity index (χ3v) is 6.66. The average Bonchev–Trinajstić information content (AvgIpc) is 3.55. The number of aryl methyl sites for hydroxylation is 2. The summed E-state index contributed by atoms with van der Waals surface area (Å²) in [7, 11) is 4.70. The van der Waals surface area contributed by atoms with E-state index in [2.05, 4.69) is 45.1 Å². The summed E-state index contributed by atoms with van der Waals surface area (Å²) < 4.78 is 24.5. The van der Waals surface area contributed by atoms with E-state index in [1.54, 1.807) is 33.5 Å². The Morgan fingerprint density at radius 1 is 0.861 bits per heavy atom. The summed E-state index contributed by atoms with van der Waals surface area (Å²) in [5.74, 6) is 3.48. The molecule has 0 aliphatic carbocycles. The van der Waals surface area contributed by atoms with E-state index in [1.807, 2.05) is 24.3 Å². The summed E-state index contributed by atoms with van der Waals surface area (Å²) in [6, 6.07) is 22.2. The van der Waals surface area contributed by atoms with Crippen molar-refractivity contribution < 1.29 is 18.6 Å². The summed E-state index contributed by atoms with van der Waals surface area (Å²) in [4.78, 5) is 4.87. The van der Waals surface area contributed by atoms with Crippen LogP contribution in [0.2, 0.25) is 0 Å². The molecule has 0 saturated carbocycles. The van der Waals surface area contributed by atoms with Crippen molar-refractivity contribution >= 4 is 22.8 Å². The lowest BCUT2D eigenvalue weighted by atomic mass is 10.1. The molecule has 184 valence electrons. The first kappa shape index (κ1) is 23.7. The van der Waals surface area contributed by atoms with Gasteiger partial charge in [0.25, 0.3) is 5.22 Å². The Kier molecular flexibility index (Phi) is 7.08. The molecule has 8 nitrogen and oxygen atoms in total. The number of thioether (sulfide) groups is 1. The second-order valence-electron chi connectivity index (χ2n) is 7.98. The molecule has 0 radical (unpaired) electrons. The lowest BCUT2D eigenvalue weighted by Gasteiger charge is -2.12. The highest BCUT2D eigenvalue weighted by Crippen LogP contribution is 2.41. The summed E-state index contributed by atoms with van der Waals surface area (Å²) in [6.45, 7) is 0.834. The SMILES string of the molecule is COc1cc(-c2nnc(SCc3nc4ccccc4n3CCc3ccccc3)o2)cc(OC)c1OC. The van der Waals surface area contributed by atoms with Gasteiger partial charge in [0.2, 0.25) is 11.6 Å². The molecular weight excluding hydrogens is 476 g/mol. The van der Waals surface area contributed by atoms with Gasteiger partial charge in [0.15, 0.2) is 11.5 Å². The van der Waals surface area contributed by atoms with Gasteiger partial charge in [-0.1, -0.05) is 54.2 Å². The Morgan fingerprint density at radius 2 is 1.58 bits per heavy atom. The maximum atomic E-state index is 5.96. The highest BCUT2D eigenvalue weighted by Gasteiger charge is 2.18. The monoisotopic (exact) mass is 502 g/mol. The van der Waals surface area contributed by atoms with E-state index in [4.69, 9.17) is 23.6 Å². The van der Waals surface area contributed by atoms with Crippen molar-refractivity contribution in [1.82, 2.24) is 19.7 Å². The largest absolute Gasteiger partial charge is 0.493 e. The number of ether oxygens (including phenoxy) is 3. The number of para-hydroxylation sites is 2. The van der Waals surface area contributed by atoms with E-state index < -0.39 is 0 Å². The Balaban J connectivity index is 1.36. The topological polar surface area (TPSA) is 84.4 Å². The maximum Gasteiger partial charge on any atom is 0.277 e. The summed E-state index contributed by atoms with van der Waals surface area (Å²) in [5, 5.41) is 8.92. The molecule has 0 aliphatic rings. The standard InChI is InChI=1S/C27H26N4O4S/c1-32-22-15-19(16-23(33-2)25(22)34-3)26-29-30-27(35-26)36-17-24-28-20-11-7-8-12-21(20)31(24)14-13-18-9-5-4-6-10-18/h4-12,15-16H,13-14,17H2,1-3H3. The summed E-state index contributed by atoms with van der Waals surface area (Å²) >= 11 is 1.46. The number of nitrogens with zero attached hydrogens (tertiary/aromatic N) is 4. The van der Waals surface area contributed by atoms with Crippen LogP contribution in [0.5, 0.6) is 17.2 Å². The van der Waals surface area contributed by atoms with Gasteiger partial charge in [-0.2, -0.15) is 0 Å². The van der Waals surface area contributed by atoms with Crippen LogP contribution in [0.15, 0.2) is 76.4 Å². The van der Waals surface area contributed by atoms with Crippen LogP contribution in [-0.4, -0.2) is 41.1 Å². The Labute approximate surface area is 213 Å². The fourth-order valence-corrected chi connectivity index (χ4v) is 4.80. The molecule has 0 aliphatic heterocycles. The third-order valence-electron chi connectivity index (χ3n) is 5.84. The minimum absolute atomic E-state index is 0.370. The fourth-order valence-electron chi connectivity index (χ4n) is 4.09. The molecule has 3 aromatic carbocycles. The minimum Gasteiger partial charge on any atom is -0.493 e. The predicted molar refractivity (Wildman–Crippen MR) is 139 cm³/mol. The van der Waals surface area contributed by atoms with Crippen LogP contribution in [-0.2, 0) is 18.7 Å². The molecule has 0 saturated heterocycles. The summed E-state index contributed by atoms with van der Waals surface area (Å²) in [5.41, 5.74) is 4.07. The Bertz CT molecular complexity index is 1440. The minimum atomic E-state index is 0.370. The molecule has 5 rings (SSSR count). The molecule has 0 N–H and O–H groups in total. The van der Waals surface area contributed by atoms with Gasteiger partial charge in [-0.15, -0.1) is 10.2 Å². The first-order valence-electron chi connectivity index (χ1n) is 11.4.